The molecule has 0 heterocycles. The zero-order chi connectivity index (χ0) is 12.7. The van der Waals surface area contributed by atoms with Crippen molar-refractivity contribution in [2.45, 2.75) is 33.2 Å². The number of rotatable bonds is 7. The molecule has 0 fully saturated rings. The summed E-state index contributed by atoms with van der Waals surface area (Å²) >= 11 is 2.05. The summed E-state index contributed by atoms with van der Waals surface area (Å²) in [6.45, 7) is 6.71. The van der Waals surface area contributed by atoms with E-state index in [-0.39, 0.29) is 0 Å². The van der Waals surface area contributed by atoms with Gasteiger partial charge in [-0.2, -0.15) is 11.8 Å². The summed E-state index contributed by atoms with van der Waals surface area (Å²) in [7, 11) is 2.05. The lowest BCUT2D eigenvalue weighted by atomic mass is 10.1. The van der Waals surface area contributed by atoms with Gasteiger partial charge in [-0.1, -0.05) is 43.7 Å². The van der Waals surface area contributed by atoms with Gasteiger partial charge in [0.15, 0.2) is 0 Å². The average Bonchev–Trinajstić information content (AvgIpc) is 2.30. The van der Waals surface area contributed by atoms with E-state index in [1.165, 1.54) is 23.3 Å². The van der Waals surface area contributed by atoms with Crippen molar-refractivity contribution < 1.29 is 0 Å². The Balaban J connectivity index is 2.40. The minimum Gasteiger partial charge on any atom is -0.312 e. The van der Waals surface area contributed by atoms with Gasteiger partial charge in [0.05, 0.1) is 0 Å². The first-order chi connectivity index (χ1) is 8.13. The normalized spacial score (nSPS) is 13.0. The van der Waals surface area contributed by atoms with Gasteiger partial charge >= 0.3 is 0 Å². The third-order valence-electron chi connectivity index (χ3n) is 2.95. The van der Waals surface area contributed by atoms with E-state index < -0.39 is 0 Å². The number of hydrogen-bond acceptors (Lipinski definition) is 2. The predicted octanol–water partition coefficient (Wildman–Crippen LogP) is 4.03. The molecule has 0 spiro atoms. The molecule has 0 radical (unpaired) electrons. The van der Waals surface area contributed by atoms with Crippen LogP contribution in [0.2, 0.25) is 0 Å². The third-order valence-corrected chi connectivity index (χ3v) is 4.05. The minimum absolute atomic E-state index is 0.479. The van der Waals surface area contributed by atoms with Crippen molar-refractivity contribution in [1.29, 1.82) is 0 Å². The topological polar surface area (TPSA) is 12.0 Å². The molecule has 0 aromatic heterocycles. The van der Waals surface area contributed by atoms with Gasteiger partial charge in [-0.15, -0.1) is 0 Å². The molecule has 0 saturated carbocycles. The maximum atomic E-state index is 3.41. The lowest BCUT2D eigenvalue weighted by molar-refractivity contribution is 0.628. The van der Waals surface area contributed by atoms with Gasteiger partial charge in [-0.3, -0.25) is 0 Å². The standard InChI is InChI=1S/C15H25NS/c1-12(2)9-10-17-11-15(16-4)14-7-5-13(3)6-8-14/h5-8,12,15-16H,9-11H2,1-4H3. The molecule has 1 nitrogen and oxygen atoms in total. The summed E-state index contributed by atoms with van der Waals surface area (Å²) in [6, 6.07) is 9.34. The maximum Gasteiger partial charge on any atom is 0.0409 e. The summed E-state index contributed by atoms with van der Waals surface area (Å²) in [5.41, 5.74) is 2.73. The fraction of sp³-hybridized carbons (Fsp3) is 0.600. The van der Waals surface area contributed by atoms with Gasteiger partial charge in [0.25, 0.3) is 0 Å². The molecule has 1 atom stereocenters. The van der Waals surface area contributed by atoms with Crippen LogP contribution in [0.5, 0.6) is 0 Å². The van der Waals surface area contributed by atoms with E-state index in [0.29, 0.717) is 6.04 Å². The highest BCUT2D eigenvalue weighted by atomic mass is 32.2. The van der Waals surface area contributed by atoms with Crippen molar-refractivity contribution in [3.63, 3.8) is 0 Å². The zero-order valence-corrected chi connectivity index (χ0v) is 12.3. The Morgan fingerprint density at radius 3 is 2.35 bits per heavy atom. The smallest absolute Gasteiger partial charge is 0.0409 e. The van der Waals surface area contributed by atoms with Gasteiger partial charge < -0.3 is 5.32 Å². The Kier molecular flexibility index (Phi) is 6.68. The second-order valence-electron chi connectivity index (χ2n) is 5.01. The van der Waals surface area contributed by atoms with Crippen LogP contribution in [-0.2, 0) is 0 Å². The molecule has 2 heteroatoms. The van der Waals surface area contributed by atoms with Crippen LogP contribution in [0, 0.1) is 12.8 Å². The van der Waals surface area contributed by atoms with Gasteiger partial charge in [-0.25, -0.2) is 0 Å². The lowest BCUT2D eigenvalue weighted by Crippen LogP contribution is -2.19. The lowest BCUT2D eigenvalue weighted by Gasteiger charge is -2.16. The molecule has 1 N–H and O–H groups in total. The SMILES string of the molecule is CNC(CSCCC(C)C)c1ccc(C)cc1. The van der Waals surface area contributed by atoms with Crippen LogP contribution in [0.15, 0.2) is 24.3 Å². The summed E-state index contributed by atoms with van der Waals surface area (Å²) < 4.78 is 0. The Hall–Kier alpha value is -0.470. The van der Waals surface area contributed by atoms with Crippen molar-refractivity contribution in [2.24, 2.45) is 5.92 Å². The fourth-order valence-electron chi connectivity index (χ4n) is 1.67. The first-order valence-corrected chi connectivity index (χ1v) is 7.60. The number of benzene rings is 1. The van der Waals surface area contributed by atoms with Crippen molar-refractivity contribution in [3.8, 4) is 0 Å². The van der Waals surface area contributed by atoms with E-state index >= 15 is 0 Å². The fourth-order valence-corrected chi connectivity index (χ4v) is 3.06. The molecule has 1 rings (SSSR count). The highest BCUT2D eigenvalue weighted by Gasteiger charge is 2.08. The maximum absolute atomic E-state index is 3.41. The van der Waals surface area contributed by atoms with Crippen LogP contribution in [0.1, 0.15) is 37.4 Å². The molecule has 0 amide bonds. The van der Waals surface area contributed by atoms with Crippen LogP contribution in [0.3, 0.4) is 0 Å². The van der Waals surface area contributed by atoms with Crippen molar-refractivity contribution in [3.05, 3.63) is 35.4 Å². The first kappa shape index (κ1) is 14.6. The first-order valence-electron chi connectivity index (χ1n) is 6.45. The molecular weight excluding hydrogens is 226 g/mol. The molecule has 96 valence electrons. The second kappa shape index (κ2) is 7.78. The Labute approximate surface area is 110 Å². The van der Waals surface area contributed by atoms with Gasteiger partial charge in [0, 0.05) is 11.8 Å². The highest BCUT2D eigenvalue weighted by molar-refractivity contribution is 7.99. The zero-order valence-electron chi connectivity index (χ0n) is 11.5. The number of nitrogens with one attached hydrogen (secondary N) is 1. The molecular formula is C15H25NS. The molecule has 0 aliphatic carbocycles. The largest absolute Gasteiger partial charge is 0.312 e. The summed E-state index contributed by atoms with van der Waals surface area (Å²) in [4.78, 5) is 0. The van der Waals surface area contributed by atoms with E-state index in [4.69, 9.17) is 0 Å². The van der Waals surface area contributed by atoms with E-state index in [1.807, 2.05) is 7.05 Å². The van der Waals surface area contributed by atoms with E-state index in [9.17, 15) is 0 Å². The van der Waals surface area contributed by atoms with Crippen LogP contribution in [0.25, 0.3) is 0 Å². The molecule has 1 unspecified atom stereocenters. The Morgan fingerprint density at radius 2 is 1.82 bits per heavy atom. The molecule has 1 aromatic carbocycles. The minimum atomic E-state index is 0.479. The Bertz CT molecular complexity index is 305. The van der Waals surface area contributed by atoms with Gasteiger partial charge in [-0.05, 0) is 37.6 Å². The van der Waals surface area contributed by atoms with Crippen LogP contribution in [0.4, 0.5) is 0 Å². The van der Waals surface area contributed by atoms with Crippen molar-refractivity contribution in [2.75, 3.05) is 18.6 Å². The third kappa shape index (κ3) is 5.60. The van der Waals surface area contributed by atoms with E-state index in [2.05, 4.69) is 62.1 Å². The molecule has 0 bridgehead atoms. The summed E-state index contributed by atoms with van der Waals surface area (Å²) in [5.74, 6) is 3.24. The van der Waals surface area contributed by atoms with E-state index in [1.54, 1.807) is 0 Å². The van der Waals surface area contributed by atoms with Gasteiger partial charge in [0.1, 0.15) is 0 Å². The number of aryl methyl sites for hydroxylation is 1. The van der Waals surface area contributed by atoms with E-state index in [0.717, 1.165) is 11.7 Å². The predicted molar refractivity (Wildman–Crippen MR) is 79.8 cm³/mol. The molecule has 0 aliphatic rings. The molecule has 1 aromatic rings. The summed E-state index contributed by atoms with van der Waals surface area (Å²) in [5, 5.41) is 3.41. The van der Waals surface area contributed by atoms with Crippen molar-refractivity contribution >= 4 is 11.8 Å². The second-order valence-corrected chi connectivity index (χ2v) is 6.16. The monoisotopic (exact) mass is 251 g/mol. The van der Waals surface area contributed by atoms with Crippen LogP contribution >= 0.6 is 11.8 Å². The highest BCUT2D eigenvalue weighted by Crippen LogP contribution is 2.20. The van der Waals surface area contributed by atoms with Crippen molar-refractivity contribution in [1.82, 2.24) is 5.32 Å². The van der Waals surface area contributed by atoms with Gasteiger partial charge in [0.2, 0.25) is 0 Å². The number of hydrogen-bond donors (Lipinski definition) is 1. The molecule has 17 heavy (non-hydrogen) atoms. The molecule has 0 saturated heterocycles. The Morgan fingerprint density at radius 1 is 1.18 bits per heavy atom. The average molecular weight is 251 g/mol. The van der Waals surface area contributed by atoms with Crippen LogP contribution < -0.4 is 5.32 Å². The summed E-state index contributed by atoms with van der Waals surface area (Å²) in [6.07, 6.45) is 1.31. The van der Waals surface area contributed by atoms with Crippen LogP contribution in [-0.4, -0.2) is 18.6 Å². The quantitative estimate of drug-likeness (QED) is 0.734. The number of thioether (sulfide) groups is 1. The molecule has 0 aliphatic heterocycles.